The second-order valence-electron chi connectivity index (χ2n) is 8.62. The molecule has 0 bridgehead atoms. The highest BCUT2D eigenvalue weighted by atomic mass is 19.4. The Morgan fingerprint density at radius 1 is 1.22 bits per heavy atom. The molecule has 0 spiro atoms. The lowest BCUT2D eigenvalue weighted by molar-refractivity contribution is -0.154. The molecular formula is C23H25F3N6O4. The van der Waals surface area contributed by atoms with Gasteiger partial charge in [-0.3, -0.25) is 9.48 Å². The smallest absolute Gasteiger partial charge is 0.422 e. The van der Waals surface area contributed by atoms with Gasteiger partial charge in [-0.25, -0.2) is 9.97 Å². The van der Waals surface area contributed by atoms with Crippen LogP contribution in [0.3, 0.4) is 0 Å². The summed E-state index contributed by atoms with van der Waals surface area (Å²) in [4.78, 5) is 24.1. The number of aryl methyl sites for hydroxylation is 2. The van der Waals surface area contributed by atoms with E-state index in [1.165, 1.54) is 16.9 Å². The van der Waals surface area contributed by atoms with E-state index in [1.54, 1.807) is 26.1 Å². The Bertz CT molecular complexity index is 1230. The molecule has 36 heavy (non-hydrogen) atoms. The van der Waals surface area contributed by atoms with E-state index >= 15 is 0 Å². The Balaban J connectivity index is 1.50. The SMILES string of the molecule is Cc1nc(-c2nnn(C)c2Cc2nccc(OCC(F)(F)F)n2)ccc1O[C@H]1CCC[C@H](C(=O)O)C1. The fourth-order valence-electron chi connectivity index (χ4n) is 4.09. The van der Waals surface area contributed by atoms with Crippen molar-refractivity contribution < 1.29 is 32.5 Å². The van der Waals surface area contributed by atoms with Gasteiger partial charge in [0.25, 0.3) is 0 Å². The highest BCUT2D eigenvalue weighted by Gasteiger charge is 2.29. The molecule has 13 heteroatoms. The van der Waals surface area contributed by atoms with Crippen molar-refractivity contribution in [3.63, 3.8) is 0 Å². The summed E-state index contributed by atoms with van der Waals surface area (Å²) in [5.41, 5.74) is 2.22. The zero-order valence-corrected chi connectivity index (χ0v) is 19.7. The number of hydrogen-bond acceptors (Lipinski definition) is 8. The van der Waals surface area contributed by atoms with Gasteiger partial charge in [0.1, 0.15) is 17.3 Å². The average molecular weight is 506 g/mol. The number of ether oxygens (including phenoxy) is 2. The third kappa shape index (κ3) is 6.26. The number of carbonyl (C=O) groups is 1. The molecular weight excluding hydrogens is 481 g/mol. The van der Waals surface area contributed by atoms with E-state index in [9.17, 15) is 23.1 Å². The van der Waals surface area contributed by atoms with Crippen molar-refractivity contribution in [3.8, 4) is 23.0 Å². The second kappa shape index (κ2) is 10.5. The summed E-state index contributed by atoms with van der Waals surface area (Å²) in [5.74, 6) is -0.582. The zero-order chi connectivity index (χ0) is 25.9. The average Bonchev–Trinajstić information content (AvgIpc) is 3.19. The molecule has 2 atom stereocenters. The maximum atomic E-state index is 12.5. The molecule has 1 aliphatic carbocycles. The number of rotatable bonds is 8. The molecule has 0 radical (unpaired) electrons. The van der Waals surface area contributed by atoms with Crippen molar-refractivity contribution in [1.82, 2.24) is 29.9 Å². The highest BCUT2D eigenvalue weighted by Crippen LogP contribution is 2.31. The summed E-state index contributed by atoms with van der Waals surface area (Å²) in [6, 6.07) is 4.76. The first-order valence-electron chi connectivity index (χ1n) is 11.4. The van der Waals surface area contributed by atoms with Crippen LogP contribution in [0, 0.1) is 12.8 Å². The molecule has 0 unspecified atom stereocenters. The first-order chi connectivity index (χ1) is 17.1. The number of aromatic nitrogens is 6. The topological polar surface area (TPSA) is 125 Å². The van der Waals surface area contributed by atoms with Gasteiger partial charge in [-0.15, -0.1) is 5.10 Å². The molecule has 3 aromatic heterocycles. The van der Waals surface area contributed by atoms with Crippen LogP contribution in [0.25, 0.3) is 11.4 Å². The van der Waals surface area contributed by atoms with Crippen LogP contribution in [0.2, 0.25) is 0 Å². The monoisotopic (exact) mass is 506 g/mol. The first kappa shape index (κ1) is 25.3. The zero-order valence-electron chi connectivity index (χ0n) is 19.7. The van der Waals surface area contributed by atoms with E-state index in [4.69, 9.17) is 9.47 Å². The molecule has 3 aromatic rings. The Kier molecular flexibility index (Phi) is 7.36. The maximum absolute atomic E-state index is 12.5. The molecule has 192 valence electrons. The minimum atomic E-state index is -4.47. The molecule has 1 N–H and O–H groups in total. The van der Waals surface area contributed by atoms with Gasteiger partial charge >= 0.3 is 12.1 Å². The van der Waals surface area contributed by atoms with Crippen molar-refractivity contribution in [3.05, 3.63) is 41.6 Å². The lowest BCUT2D eigenvalue weighted by atomic mass is 9.87. The predicted molar refractivity (Wildman–Crippen MR) is 119 cm³/mol. The highest BCUT2D eigenvalue weighted by molar-refractivity contribution is 5.70. The van der Waals surface area contributed by atoms with Crippen LogP contribution in [0.4, 0.5) is 13.2 Å². The van der Waals surface area contributed by atoms with Crippen LogP contribution in [-0.2, 0) is 18.3 Å². The largest absolute Gasteiger partial charge is 0.489 e. The Morgan fingerprint density at radius 2 is 2.03 bits per heavy atom. The van der Waals surface area contributed by atoms with Gasteiger partial charge in [0, 0.05) is 19.3 Å². The fraction of sp³-hybridized carbons (Fsp3) is 0.478. The van der Waals surface area contributed by atoms with E-state index in [0.717, 1.165) is 12.8 Å². The van der Waals surface area contributed by atoms with Crippen molar-refractivity contribution in [1.29, 1.82) is 0 Å². The molecule has 3 heterocycles. The van der Waals surface area contributed by atoms with Crippen molar-refractivity contribution in [2.45, 2.75) is 51.3 Å². The van der Waals surface area contributed by atoms with Crippen molar-refractivity contribution in [2.24, 2.45) is 13.0 Å². The van der Waals surface area contributed by atoms with Crippen LogP contribution in [0.1, 0.15) is 42.9 Å². The number of carboxylic acid groups (broad SMARTS) is 1. The number of aliphatic carboxylic acids is 1. The minimum Gasteiger partial charge on any atom is -0.489 e. The number of halogens is 3. The summed E-state index contributed by atoms with van der Waals surface area (Å²) >= 11 is 0. The molecule has 10 nitrogen and oxygen atoms in total. The van der Waals surface area contributed by atoms with Gasteiger partial charge in [-0.05, 0) is 44.7 Å². The lowest BCUT2D eigenvalue weighted by Gasteiger charge is -2.27. The molecule has 0 aliphatic heterocycles. The van der Waals surface area contributed by atoms with Gasteiger partial charge in [-0.1, -0.05) is 5.21 Å². The Hall–Kier alpha value is -3.77. The third-order valence-electron chi connectivity index (χ3n) is 5.88. The van der Waals surface area contributed by atoms with E-state index in [-0.39, 0.29) is 24.2 Å². The fourth-order valence-corrected chi connectivity index (χ4v) is 4.09. The number of alkyl halides is 3. The summed E-state index contributed by atoms with van der Waals surface area (Å²) in [5, 5.41) is 17.6. The van der Waals surface area contributed by atoms with Gasteiger partial charge in [0.05, 0.1) is 35.5 Å². The van der Waals surface area contributed by atoms with E-state index in [2.05, 4.69) is 25.3 Å². The summed E-state index contributed by atoms with van der Waals surface area (Å²) < 4.78 is 49.7. The summed E-state index contributed by atoms with van der Waals surface area (Å²) in [7, 11) is 1.68. The predicted octanol–water partition coefficient (Wildman–Crippen LogP) is 3.53. The number of nitrogens with zero attached hydrogens (tertiary/aromatic N) is 6. The van der Waals surface area contributed by atoms with Crippen LogP contribution in [0.15, 0.2) is 24.4 Å². The molecule has 1 aliphatic rings. The van der Waals surface area contributed by atoms with Crippen LogP contribution in [-0.4, -0.2) is 59.9 Å². The second-order valence-corrected chi connectivity index (χ2v) is 8.62. The summed E-state index contributed by atoms with van der Waals surface area (Å²) in [6.45, 7) is 0.342. The molecule has 1 fully saturated rings. The van der Waals surface area contributed by atoms with Crippen LogP contribution >= 0.6 is 0 Å². The lowest BCUT2D eigenvalue weighted by Crippen LogP contribution is -2.29. The number of pyridine rings is 1. The van der Waals surface area contributed by atoms with Crippen molar-refractivity contribution in [2.75, 3.05) is 6.61 Å². The molecule has 4 rings (SSSR count). The molecule has 1 saturated carbocycles. The maximum Gasteiger partial charge on any atom is 0.422 e. The molecule has 0 aromatic carbocycles. The summed E-state index contributed by atoms with van der Waals surface area (Å²) in [6.07, 6.45) is -0.518. The quantitative estimate of drug-likeness (QED) is 0.488. The minimum absolute atomic E-state index is 0.139. The van der Waals surface area contributed by atoms with Crippen LogP contribution in [0.5, 0.6) is 11.6 Å². The van der Waals surface area contributed by atoms with Gasteiger partial charge in [0.2, 0.25) is 5.88 Å². The van der Waals surface area contributed by atoms with Crippen molar-refractivity contribution >= 4 is 5.97 Å². The Labute approximate surface area is 204 Å². The number of carboxylic acids is 1. The van der Waals surface area contributed by atoms with E-state index in [1.807, 2.05) is 0 Å². The van der Waals surface area contributed by atoms with E-state index in [0.29, 0.717) is 41.4 Å². The molecule has 0 amide bonds. The van der Waals surface area contributed by atoms with Gasteiger partial charge < -0.3 is 14.6 Å². The Morgan fingerprint density at radius 3 is 2.75 bits per heavy atom. The van der Waals surface area contributed by atoms with Gasteiger partial charge in [-0.2, -0.15) is 18.2 Å². The molecule has 0 saturated heterocycles. The van der Waals surface area contributed by atoms with E-state index < -0.39 is 24.7 Å². The standard InChI is InChI=1S/C23H25F3N6O4/c1-13-18(36-15-5-3-4-14(10-15)22(33)34)7-6-16(28-13)21-17(32(2)31-30-21)11-19-27-9-8-20(29-19)35-12-23(24,25)26/h6-9,14-15H,3-5,10-12H2,1-2H3,(H,33,34)/t14-,15-/m0/s1. The number of hydrogen-bond donors (Lipinski definition) is 1. The van der Waals surface area contributed by atoms with Crippen LogP contribution < -0.4 is 9.47 Å². The third-order valence-corrected chi connectivity index (χ3v) is 5.88. The van der Waals surface area contributed by atoms with Gasteiger partial charge in [0.15, 0.2) is 6.61 Å². The normalized spacial score (nSPS) is 18.1. The first-order valence-corrected chi connectivity index (χ1v) is 11.4.